The Kier molecular flexibility index (Phi) is 2.90. The minimum atomic E-state index is -0.688. The lowest BCUT2D eigenvalue weighted by molar-refractivity contribution is 0.121. The van der Waals surface area contributed by atoms with E-state index < -0.39 is 6.16 Å². The lowest BCUT2D eigenvalue weighted by atomic mass is 10.1. The third-order valence-electron chi connectivity index (χ3n) is 1.69. The zero-order valence-electron chi connectivity index (χ0n) is 7.96. The van der Waals surface area contributed by atoms with Crippen molar-refractivity contribution in [2.75, 3.05) is 7.11 Å². The highest BCUT2D eigenvalue weighted by molar-refractivity contribution is 5.64. The van der Waals surface area contributed by atoms with Gasteiger partial charge in [0.25, 0.3) is 0 Å². The first-order valence-corrected chi connectivity index (χ1v) is 3.96. The molecule has 1 rings (SSSR count). The maximum absolute atomic E-state index is 10.8. The molecular weight excluding hydrogens is 168 g/mol. The Hall–Kier alpha value is -1.51. The molecule has 70 valence electrons. The number of aryl methyl sites for hydroxylation is 2. The fourth-order valence-electron chi connectivity index (χ4n) is 1.05. The van der Waals surface area contributed by atoms with Crippen LogP contribution in [0, 0.1) is 13.8 Å². The molecule has 0 saturated heterocycles. The Morgan fingerprint density at radius 2 is 2.00 bits per heavy atom. The zero-order chi connectivity index (χ0) is 9.84. The molecule has 0 unspecified atom stereocenters. The molecule has 0 radical (unpaired) electrons. The SMILES string of the molecule is COC(=O)Oc1ccc(C)cc1C. The van der Waals surface area contributed by atoms with Crippen LogP contribution in [0.2, 0.25) is 0 Å². The van der Waals surface area contributed by atoms with Gasteiger partial charge in [0.15, 0.2) is 0 Å². The van der Waals surface area contributed by atoms with Gasteiger partial charge in [-0.15, -0.1) is 0 Å². The van der Waals surface area contributed by atoms with E-state index in [-0.39, 0.29) is 0 Å². The maximum Gasteiger partial charge on any atom is 0.513 e. The molecule has 0 saturated carbocycles. The first kappa shape index (κ1) is 9.58. The second-order valence-electron chi connectivity index (χ2n) is 2.83. The fourth-order valence-corrected chi connectivity index (χ4v) is 1.05. The van der Waals surface area contributed by atoms with E-state index in [0.717, 1.165) is 11.1 Å². The van der Waals surface area contributed by atoms with E-state index in [9.17, 15) is 4.79 Å². The largest absolute Gasteiger partial charge is 0.513 e. The summed E-state index contributed by atoms with van der Waals surface area (Å²) in [5.41, 5.74) is 2.06. The number of carbonyl (C=O) groups is 1. The van der Waals surface area contributed by atoms with Gasteiger partial charge in [0.1, 0.15) is 5.75 Å². The van der Waals surface area contributed by atoms with Crippen LogP contribution in [-0.4, -0.2) is 13.3 Å². The average Bonchev–Trinajstić information content (AvgIpc) is 2.09. The second-order valence-corrected chi connectivity index (χ2v) is 2.83. The molecule has 0 bridgehead atoms. The van der Waals surface area contributed by atoms with E-state index in [2.05, 4.69) is 4.74 Å². The van der Waals surface area contributed by atoms with E-state index in [1.165, 1.54) is 7.11 Å². The molecule has 13 heavy (non-hydrogen) atoms. The summed E-state index contributed by atoms with van der Waals surface area (Å²) in [6.45, 7) is 3.86. The average molecular weight is 180 g/mol. The number of rotatable bonds is 1. The summed E-state index contributed by atoms with van der Waals surface area (Å²) in [5.74, 6) is 0.539. The van der Waals surface area contributed by atoms with Crippen molar-refractivity contribution in [2.24, 2.45) is 0 Å². The highest BCUT2D eigenvalue weighted by atomic mass is 16.7. The van der Waals surface area contributed by atoms with Crippen LogP contribution in [0.3, 0.4) is 0 Å². The van der Waals surface area contributed by atoms with Gasteiger partial charge in [0, 0.05) is 0 Å². The van der Waals surface area contributed by atoms with Crippen LogP contribution in [0.1, 0.15) is 11.1 Å². The van der Waals surface area contributed by atoms with Gasteiger partial charge in [0.05, 0.1) is 7.11 Å². The first-order chi connectivity index (χ1) is 6.13. The van der Waals surface area contributed by atoms with Crippen LogP contribution in [-0.2, 0) is 4.74 Å². The van der Waals surface area contributed by atoms with E-state index in [1.54, 1.807) is 6.07 Å². The van der Waals surface area contributed by atoms with Gasteiger partial charge in [-0.3, -0.25) is 0 Å². The Bertz CT molecular complexity index is 318. The third-order valence-corrected chi connectivity index (χ3v) is 1.69. The smallest absolute Gasteiger partial charge is 0.437 e. The molecule has 0 heterocycles. The Balaban J connectivity index is 2.83. The number of hydrogen-bond donors (Lipinski definition) is 0. The summed E-state index contributed by atoms with van der Waals surface area (Å²) >= 11 is 0. The van der Waals surface area contributed by atoms with Crippen LogP contribution < -0.4 is 4.74 Å². The van der Waals surface area contributed by atoms with Gasteiger partial charge in [-0.05, 0) is 25.5 Å². The minimum Gasteiger partial charge on any atom is -0.437 e. The molecule has 1 aromatic carbocycles. The fraction of sp³-hybridized carbons (Fsp3) is 0.300. The van der Waals surface area contributed by atoms with Gasteiger partial charge in [-0.2, -0.15) is 0 Å². The van der Waals surface area contributed by atoms with Crippen molar-refractivity contribution >= 4 is 6.16 Å². The van der Waals surface area contributed by atoms with Crippen LogP contribution >= 0.6 is 0 Å². The molecule has 0 fully saturated rings. The van der Waals surface area contributed by atoms with E-state index in [1.807, 2.05) is 26.0 Å². The quantitative estimate of drug-likeness (QED) is 0.492. The molecule has 0 aliphatic rings. The van der Waals surface area contributed by atoms with E-state index >= 15 is 0 Å². The number of benzene rings is 1. The monoisotopic (exact) mass is 180 g/mol. The molecule has 0 atom stereocenters. The van der Waals surface area contributed by atoms with Crippen LogP contribution in [0.25, 0.3) is 0 Å². The molecule has 1 aromatic rings. The van der Waals surface area contributed by atoms with Gasteiger partial charge in [-0.1, -0.05) is 17.7 Å². The molecule has 0 aliphatic heterocycles. The minimum absolute atomic E-state index is 0.539. The predicted molar refractivity (Wildman–Crippen MR) is 48.9 cm³/mol. The van der Waals surface area contributed by atoms with Crippen molar-refractivity contribution < 1.29 is 14.3 Å². The van der Waals surface area contributed by atoms with Crippen LogP contribution in [0.4, 0.5) is 4.79 Å². The summed E-state index contributed by atoms with van der Waals surface area (Å²) in [5, 5.41) is 0. The van der Waals surface area contributed by atoms with Crippen molar-refractivity contribution in [2.45, 2.75) is 13.8 Å². The molecular formula is C10H12O3. The van der Waals surface area contributed by atoms with Gasteiger partial charge in [-0.25, -0.2) is 4.79 Å². The Morgan fingerprint density at radius 1 is 1.31 bits per heavy atom. The van der Waals surface area contributed by atoms with E-state index in [4.69, 9.17) is 4.74 Å². The van der Waals surface area contributed by atoms with Crippen LogP contribution in [0.15, 0.2) is 18.2 Å². The lowest BCUT2D eigenvalue weighted by Gasteiger charge is -2.05. The van der Waals surface area contributed by atoms with Gasteiger partial charge < -0.3 is 9.47 Å². The van der Waals surface area contributed by atoms with Crippen molar-refractivity contribution in [3.05, 3.63) is 29.3 Å². The third kappa shape index (κ3) is 2.47. The highest BCUT2D eigenvalue weighted by Crippen LogP contribution is 2.18. The molecule has 0 aliphatic carbocycles. The zero-order valence-corrected chi connectivity index (χ0v) is 7.96. The topological polar surface area (TPSA) is 35.5 Å². The Labute approximate surface area is 77.3 Å². The maximum atomic E-state index is 10.8. The summed E-state index contributed by atoms with van der Waals surface area (Å²) in [4.78, 5) is 10.8. The molecule has 0 N–H and O–H groups in total. The molecule has 0 aromatic heterocycles. The second kappa shape index (κ2) is 3.94. The van der Waals surface area contributed by atoms with Crippen molar-refractivity contribution in [3.63, 3.8) is 0 Å². The number of hydrogen-bond acceptors (Lipinski definition) is 3. The first-order valence-electron chi connectivity index (χ1n) is 3.96. The van der Waals surface area contributed by atoms with Gasteiger partial charge in [0.2, 0.25) is 0 Å². The molecule has 0 spiro atoms. The normalized spacial score (nSPS) is 9.46. The van der Waals surface area contributed by atoms with Crippen molar-refractivity contribution in [1.29, 1.82) is 0 Å². The summed E-state index contributed by atoms with van der Waals surface area (Å²) < 4.78 is 9.27. The molecule has 3 nitrogen and oxygen atoms in total. The number of ether oxygens (including phenoxy) is 2. The Morgan fingerprint density at radius 3 is 2.54 bits per heavy atom. The van der Waals surface area contributed by atoms with Crippen molar-refractivity contribution in [1.82, 2.24) is 0 Å². The summed E-state index contributed by atoms with van der Waals surface area (Å²) in [6.07, 6.45) is -0.688. The molecule has 3 heteroatoms. The number of carbonyl (C=O) groups excluding carboxylic acids is 1. The van der Waals surface area contributed by atoms with Crippen molar-refractivity contribution in [3.8, 4) is 5.75 Å². The number of methoxy groups -OCH3 is 1. The highest BCUT2D eigenvalue weighted by Gasteiger charge is 2.05. The van der Waals surface area contributed by atoms with Crippen LogP contribution in [0.5, 0.6) is 5.75 Å². The predicted octanol–water partition coefficient (Wildman–Crippen LogP) is 2.45. The lowest BCUT2D eigenvalue weighted by Crippen LogP contribution is -2.08. The summed E-state index contributed by atoms with van der Waals surface area (Å²) in [6, 6.07) is 5.57. The van der Waals surface area contributed by atoms with E-state index in [0.29, 0.717) is 5.75 Å². The summed E-state index contributed by atoms with van der Waals surface area (Å²) in [7, 11) is 1.28. The standard InChI is InChI=1S/C10H12O3/c1-7-4-5-9(8(2)6-7)13-10(11)12-3/h4-6H,1-3H3. The molecule has 0 amide bonds. The van der Waals surface area contributed by atoms with Gasteiger partial charge >= 0.3 is 6.16 Å².